The third-order valence-corrected chi connectivity index (χ3v) is 6.01. The molecule has 0 saturated carbocycles. The van der Waals surface area contributed by atoms with Crippen molar-refractivity contribution in [1.29, 1.82) is 0 Å². The van der Waals surface area contributed by atoms with Gasteiger partial charge in [-0.05, 0) is 40.5 Å². The Balaban J connectivity index is 2.02. The minimum Gasteiger partial charge on any atom is -0.466 e. The molecule has 0 aromatic carbocycles. The van der Waals surface area contributed by atoms with Crippen LogP contribution in [0.2, 0.25) is 0 Å². The SMILES string of the molecule is CCOC(=O)CCCOC(COC)C1OC(C)(CC)OC1C1COC(C)(CCC(=O)OCC)O1. The van der Waals surface area contributed by atoms with Gasteiger partial charge in [0.25, 0.3) is 0 Å². The van der Waals surface area contributed by atoms with Crippen LogP contribution in [-0.2, 0) is 47.5 Å². The molecular formula is C24H42O10. The third-order valence-electron chi connectivity index (χ3n) is 6.01. The fourth-order valence-electron chi connectivity index (χ4n) is 4.07. The van der Waals surface area contributed by atoms with Crippen LogP contribution in [-0.4, -0.2) is 88.1 Å². The number of ether oxygens (including phenoxy) is 8. The summed E-state index contributed by atoms with van der Waals surface area (Å²) in [5, 5.41) is 0. The second-order valence-electron chi connectivity index (χ2n) is 8.83. The fraction of sp³-hybridized carbons (Fsp3) is 0.917. The molecule has 2 aliphatic heterocycles. The van der Waals surface area contributed by atoms with Gasteiger partial charge in [-0.3, -0.25) is 9.59 Å². The molecule has 0 aliphatic carbocycles. The Morgan fingerprint density at radius 2 is 1.65 bits per heavy atom. The average molecular weight is 491 g/mol. The summed E-state index contributed by atoms with van der Waals surface area (Å²) in [6.07, 6.45) is 0.252. The zero-order chi connectivity index (χ0) is 25.2. The second-order valence-corrected chi connectivity index (χ2v) is 8.83. The summed E-state index contributed by atoms with van der Waals surface area (Å²) < 4.78 is 46.3. The Labute approximate surface area is 202 Å². The number of rotatable bonds is 15. The van der Waals surface area contributed by atoms with Crippen LogP contribution >= 0.6 is 0 Å². The molecule has 0 N–H and O–H groups in total. The van der Waals surface area contributed by atoms with E-state index in [-0.39, 0.29) is 31.4 Å². The van der Waals surface area contributed by atoms with Gasteiger partial charge < -0.3 is 37.9 Å². The fourth-order valence-corrected chi connectivity index (χ4v) is 4.07. The van der Waals surface area contributed by atoms with Gasteiger partial charge in [-0.1, -0.05) is 6.92 Å². The third kappa shape index (κ3) is 8.42. The molecular weight excluding hydrogens is 448 g/mol. The lowest BCUT2D eigenvalue weighted by atomic mass is 10.0. The molecule has 198 valence electrons. The molecule has 0 spiro atoms. The van der Waals surface area contributed by atoms with Crippen LogP contribution in [0.5, 0.6) is 0 Å². The minimum absolute atomic E-state index is 0.199. The number of hydrogen-bond acceptors (Lipinski definition) is 10. The number of hydrogen-bond donors (Lipinski definition) is 0. The largest absolute Gasteiger partial charge is 0.466 e. The molecule has 10 heteroatoms. The van der Waals surface area contributed by atoms with Crippen molar-refractivity contribution >= 4 is 11.9 Å². The van der Waals surface area contributed by atoms with Gasteiger partial charge in [-0.2, -0.15) is 0 Å². The molecule has 34 heavy (non-hydrogen) atoms. The van der Waals surface area contributed by atoms with Crippen LogP contribution < -0.4 is 0 Å². The molecule has 2 fully saturated rings. The van der Waals surface area contributed by atoms with Crippen molar-refractivity contribution in [1.82, 2.24) is 0 Å². The maximum atomic E-state index is 11.8. The molecule has 2 rings (SSSR count). The van der Waals surface area contributed by atoms with Crippen LogP contribution in [0.1, 0.15) is 66.7 Å². The molecule has 2 aliphatic rings. The molecule has 6 atom stereocenters. The molecule has 0 aromatic heterocycles. The molecule has 2 heterocycles. The zero-order valence-corrected chi connectivity index (χ0v) is 21.5. The molecule has 0 aromatic rings. The second kappa shape index (κ2) is 13.7. The predicted octanol–water partition coefficient (Wildman–Crippen LogP) is 2.75. The highest BCUT2D eigenvalue weighted by molar-refractivity contribution is 5.69. The topological polar surface area (TPSA) is 108 Å². The van der Waals surface area contributed by atoms with E-state index in [9.17, 15) is 9.59 Å². The monoisotopic (exact) mass is 490 g/mol. The lowest BCUT2D eigenvalue weighted by Gasteiger charge is -2.29. The Morgan fingerprint density at radius 1 is 0.971 bits per heavy atom. The summed E-state index contributed by atoms with van der Waals surface area (Å²) in [6, 6.07) is 0. The maximum Gasteiger partial charge on any atom is 0.305 e. The van der Waals surface area contributed by atoms with E-state index in [2.05, 4.69) is 0 Å². The summed E-state index contributed by atoms with van der Waals surface area (Å²) in [5.74, 6) is -2.26. The lowest BCUT2D eigenvalue weighted by Crippen LogP contribution is -2.47. The first kappa shape index (κ1) is 28.9. The number of esters is 2. The highest BCUT2D eigenvalue weighted by atomic mass is 16.8. The Morgan fingerprint density at radius 3 is 2.26 bits per heavy atom. The van der Waals surface area contributed by atoms with Gasteiger partial charge in [0.05, 0.1) is 32.8 Å². The standard InChI is InChI=1S/C24H42O10/c1-7-23(4)33-21(17(15-27-6)30-14-10-11-19(25)28-8-2)22(34-23)18-16-31-24(5,32-18)13-12-20(26)29-9-3/h17-18,21-22H,7-16H2,1-6H3. The van der Waals surface area contributed by atoms with E-state index in [1.807, 2.05) is 20.8 Å². The molecule has 6 unspecified atom stereocenters. The summed E-state index contributed by atoms with van der Waals surface area (Å²) in [6.45, 7) is 10.9. The summed E-state index contributed by atoms with van der Waals surface area (Å²) in [5.41, 5.74) is 0. The molecule has 0 bridgehead atoms. The van der Waals surface area contributed by atoms with E-state index in [0.29, 0.717) is 45.7 Å². The Kier molecular flexibility index (Phi) is 11.7. The van der Waals surface area contributed by atoms with Gasteiger partial charge in [0.1, 0.15) is 24.4 Å². The minimum atomic E-state index is -0.923. The van der Waals surface area contributed by atoms with E-state index in [0.717, 1.165) is 0 Å². The van der Waals surface area contributed by atoms with E-state index in [1.165, 1.54) is 0 Å². The predicted molar refractivity (Wildman–Crippen MR) is 121 cm³/mol. The number of methoxy groups -OCH3 is 1. The van der Waals surface area contributed by atoms with Gasteiger partial charge in [-0.25, -0.2) is 0 Å². The first-order chi connectivity index (χ1) is 16.2. The van der Waals surface area contributed by atoms with Crippen LogP contribution in [0.3, 0.4) is 0 Å². The van der Waals surface area contributed by atoms with Gasteiger partial charge >= 0.3 is 11.9 Å². The Hall–Kier alpha value is -1.30. The smallest absolute Gasteiger partial charge is 0.305 e. The van der Waals surface area contributed by atoms with E-state index >= 15 is 0 Å². The van der Waals surface area contributed by atoms with Crippen LogP contribution in [0.15, 0.2) is 0 Å². The maximum absolute atomic E-state index is 11.8. The summed E-state index contributed by atoms with van der Waals surface area (Å²) in [4.78, 5) is 23.4. The molecule has 2 saturated heterocycles. The van der Waals surface area contributed by atoms with Crippen LogP contribution in [0, 0.1) is 0 Å². The van der Waals surface area contributed by atoms with Gasteiger partial charge in [0.2, 0.25) is 0 Å². The summed E-state index contributed by atoms with van der Waals surface area (Å²) >= 11 is 0. The van der Waals surface area contributed by atoms with Crippen molar-refractivity contribution < 1.29 is 47.5 Å². The molecule has 10 nitrogen and oxygen atoms in total. The highest BCUT2D eigenvalue weighted by Crippen LogP contribution is 2.40. The highest BCUT2D eigenvalue weighted by Gasteiger charge is 2.54. The van der Waals surface area contributed by atoms with Crippen molar-refractivity contribution in [3.63, 3.8) is 0 Å². The zero-order valence-electron chi connectivity index (χ0n) is 21.5. The number of carbonyl (C=O) groups is 2. The van der Waals surface area contributed by atoms with Gasteiger partial charge in [0.15, 0.2) is 11.6 Å². The Bertz CT molecular complexity index is 631. The normalized spacial score (nSPS) is 32.0. The van der Waals surface area contributed by atoms with Crippen LogP contribution in [0.4, 0.5) is 0 Å². The summed E-state index contributed by atoms with van der Waals surface area (Å²) in [7, 11) is 1.60. The van der Waals surface area contributed by atoms with E-state index in [1.54, 1.807) is 21.0 Å². The lowest BCUT2D eigenvalue weighted by molar-refractivity contribution is -0.193. The van der Waals surface area contributed by atoms with Crippen molar-refractivity contribution in [2.75, 3.05) is 40.1 Å². The first-order valence-corrected chi connectivity index (χ1v) is 12.3. The quantitative estimate of drug-likeness (QED) is 0.251. The van der Waals surface area contributed by atoms with Gasteiger partial charge in [-0.15, -0.1) is 0 Å². The molecule has 0 amide bonds. The van der Waals surface area contributed by atoms with Crippen molar-refractivity contribution in [2.45, 2.75) is 103 Å². The average Bonchev–Trinajstić information content (AvgIpc) is 3.36. The number of carbonyl (C=O) groups excluding carboxylic acids is 2. The van der Waals surface area contributed by atoms with Crippen LogP contribution in [0.25, 0.3) is 0 Å². The van der Waals surface area contributed by atoms with Crippen molar-refractivity contribution in [3.05, 3.63) is 0 Å². The first-order valence-electron chi connectivity index (χ1n) is 12.3. The van der Waals surface area contributed by atoms with Gasteiger partial charge in [0, 0.05) is 26.6 Å². The molecule has 0 radical (unpaired) electrons. The van der Waals surface area contributed by atoms with E-state index < -0.39 is 36.0 Å². The van der Waals surface area contributed by atoms with Crippen molar-refractivity contribution in [2.24, 2.45) is 0 Å². The van der Waals surface area contributed by atoms with Crippen molar-refractivity contribution in [3.8, 4) is 0 Å². The van der Waals surface area contributed by atoms with E-state index in [4.69, 9.17) is 37.9 Å².